The molecule has 2 aromatic carbocycles. The van der Waals surface area contributed by atoms with E-state index in [4.69, 9.17) is 0 Å². The zero-order chi connectivity index (χ0) is 17.1. The summed E-state index contributed by atoms with van der Waals surface area (Å²) in [4.78, 5) is 24.4. The van der Waals surface area contributed by atoms with Crippen molar-refractivity contribution in [1.29, 1.82) is 0 Å². The Hall–Kier alpha value is -3.14. The highest BCUT2D eigenvalue weighted by Gasteiger charge is 2.05. The lowest BCUT2D eigenvalue weighted by molar-refractivity contribution is 0.111. The zero-order valence-electron chi connectivity index (χ0n) is 13.6. The van der Waals surface area contributed by atoms with Crippen molar-refractivity contribution in [3.8, 4) is 0 Å². The van der Waals surface area contributed by atoms with Crippen LogP contribution in [0.25, 0.3) is 21.8 Å². The third-order valence-electron chi connectivity index (χ3n) is 4.12. The minimum atomic E-state index is 0.758. The Bertz CT molecular complexity index is 1020. The lowest BCUT2D eigenvalue weighted by atomic mass is 10.1. The van der Waals surface area contributed by atoms with Crippen molar-refractivity contribution in [3.05, 3.63) is 71.5 Å². The summed E-state index contributed by atoms with van der Waals surface area (Å²) in [7, 11) is 1.94. The van der Waals surface area contributed by atoms with Crippen LogP contribution in [-0.2, 0) is 7.05 Å². The molecule has 2 heterocycles. The quantitative estimate of drug-likeness (QED) is 0.561. The predicted octanol–water partition coefficient (Wildman–Crippen LogP) is 4.28. The van der Waals surface area contributed by atoms with Crippen LogP contribution in [0.5, 0.6) is 0 Å². The molecular formula is C20H18N2O2. The molecule has 120 valence electrons. The highest BCUT2D eigenvalue weighted by Crippen LogP contribution is 2.19. The van der Waals surface area contributed by atoms with Gasteiger partial charge >= 0.3 is 0 Å². The van der Waals surface area contributed by atoms with Gasteiger partial charge in [-0.3, -0.25) is 9.59 Å². The molecule has 24 heavy (non-hydrogen) atoms. The van der Waals surface area contributed by atoms with Crippen molar-refractivity contribution in [2.75, 3.05) is 0 Å². The minimum absolute atomic E-state index is 0.758. The number of benzene rings is 2. The molecule has 0 radical (unpaired) electrons. The van der Waals surface area contributed by atoms with Crippen molar-refractivity contribution in [1.82, 2.24) is 9.55 Å². The van der Waals surface area contributed by atoms with Gasteiger partial charge in [-0.25, -0.2) is 0 Å². The smallest absolute Gasteiger partial charge is 0.152 e. The van der Waals surface area contributed by atoms with Gasteiger partial charge in [0.15, 0.2) is 12.6 Å². The number of aryl methyl sites for hydroxylation is 2. The van der Waals surface area contributed by atoms with E-state index in [0.717, 1.165) is 51.2 Å². The fourth-order valence-corrected chi connectivity index (χ4v) is 2.92. The summed E-state index contributed by atoms with van der Waals surface area (Å²) in [5.74, 6) is 0. The average molecular weight is 318 g/mol. The van der Waals surface area contributed by atoms with Crippen LogP contribution in [-0.4, -0.2) is 22.1 Å². The molecule has 0 bridgehead atoms. The van der Waals surface area contributed by atoms with Gasteiger partial charge < -0.3 is 9.55 Å². The van der Waals surface area contributed by atoms with E-state index in [1.54, 1.807) is 0 Å². The number of nitrogens with zero attached hydrogens (tertiary/aromatic N) is 1. The molecule has 0 aliphatic heterocycles. The van der Waals surface area contributed by atoms with Crippen LogP contribution < -0.4 is 0 Å². The molecule has 4 rings (SSSR count). The fourth-order valence-electron chi connectivity index (χ4n) is 2.92. The molecule has 1 N–H and O–H groups in total. The Labute approximate surface area is 139 Å². The molecule has 0 atom stereocenters. The lowest BCUT2D eigenvalue weighted by Crippen LogP contribution is -1.81. The molecule has 0 aliphatic carbocycles. The number of hydrogen-bond acceptors (Lipinski definition) is 2. The first-order valence-corrected chi connectivity index (χ1v) is 7.67. The molecule has 0 unspecified atom stereocenters. The number of para-hydroxylation sites is 2. The molecule has 4 nitrogen and oxygen atoms in total. The van der Waals surface area contributed by atoms with E-state index in [-0.39, 0.29) is 0 Å². The highest BCUT2D eigenvalue weighted by atomic mass is 16.1. The largest absolute Gasteiger partial charge is 0.358 e. The van der Waals surface area contributed by atoms with Gasteiger partial charge in [-0.1, -0.05) is 36.4 Å². The predicted molar refractivity (Wildman–Crippen MR) is 96.7 cm³/mol. The number of aromatic amines is 1. The summed E-state index contributed by atoms with van der Waals surface area (Å²) in [6.45, 7) is 1.91. The van der Waals surface area contributed by atoms with Crippen molar-refractivity contribution in [2.45, 2.75) is 6.92 Å². The Kier molecular flexibility index (Phi) is 4.29. The van der Waals surface area contributed by atoms with Crippen molar-refractivity contribution >= 4 is 34.4 Å². The number of nitrogens with one attached hydrogen (secondary N) is 1. The second kappa shape index (κ2) is 6.54. The van der Waals surface area contributed by atoms with E-state index in [1.165, 1.54) is 0 Å². The van der Waals surface area contributed by atoms with Gasteiger partial charge in [0, 0.05) is 51.9 Å². The van der Waals surface area contributed by atoms with Crippen LogP contribution in [0.1, 0.15) is 26.4 Å². The molecule has 0 saturated heterocycles. The Morgan fingerprint density at radius 3 is 2.29 bits per heavy atom. The highest BCUT2D eigenvalue weighted by molar-refractivity contribution is 5.99. The van der Waals surface area contributed by atoms with Gasteiger partial charge in [0.1, 0.15) is 0 Å². The number of H-pyrrole nitrogens is 1. The number of fused-ring (bicyclic) bond motifs is 2. The number of aromatic nitrogens is 2. The van der Waals surface area contributed by atoms with E-state index in [9.17, 15) is 9.59 Å². The number of hydrogen-bond donors (Lipinski definition) is 1. The molecule has 0 saturated carbocycles. The molecule has 4 heteroatoms. The van der Waals surface area contributed by atoms with E-state index in [0.29, 0.717) is 0 Å². The summed E-state index contributed by atoms with van der Waals surface area (Å²) in [6, 6.07) is 15.7. The Morgan fingerprint density at radius 2 is 1.58 bits per heavy atom. The Balaban J connectivity index is 0.000000141. The number of carbonyl (C=O) groups is 2. The van der Waals surface area contributed by atoms with E-state index >= 15 is 0 Å². The monoisotopic (exact) mass is 318 g/mol. The third kappa shape index (κ3) is 2.74. The molecule has 4 aromatic rings. The first-order chi connectivity index (χ1) is 11.7. The number of carbonyl (C=O) groups excluding carboxylic acids is 2. The Morgan fingerprint density at radius 1 is 0.917 bits per heavy atom. The molecule has 2 aromatic heterocycles. The number of aldehydes is 2. The van der Waals surface area contributed by atoms with E-state index < -0.39 is 0 Å². The van der Waals surface area contributed by atoms with Gasteiger partial charge in [0.25, 0.3) is 0 Å². The van der Waals surface area contributed by atoms with Crippen molar-refractivity contribution < 1.29 is 9.59 Å². The van der Waals surface area contributed by atoms with Crippen molar-refractivity contribution in [2.24, 2.45) is 7.05 Å². The van der Waals surface area contributed by atoms with Crippen molar-refractivity contribution in [3.63, 3.8) is 0 Å². The van der Waals surface area contributed by atoms with Crippen LogP contribution in [0.4, 0.5) is 0 Å². The summed E-state index contributed by atoms with van der Waals surface area (Å²) in [5.41, 5.74) is 4.58. The number of rotatable bonds is 2. The van der Waals surface area contributed by atoms with Crippen LogP contribution in [0.15, 0.2) is 54.7 Å². The van der Waals surface area contributed by atoms with Crippen LogP contribution >= 0.6 is 0 Å². The fraction of sp³-hybridized carbons (Fsp3) is 0.100. The van der Waals surface area contributed by atoms with E-state index in [1.807, 2.05) is 73.3 Å². The van der Waals surface area contributed by atoms with Gasteiger partial charge in [-0.15, -0.1) is 0 Å². The summed E-state index contributed by atoms with van der Waals surface area (Å²) >= 11 is 0. The maximum Gasteiger partial charge on any atom is 0.152 e. The molecule has 0 spiro atoms. The minimum Gasteiger partial charge on any atom is -0.358 e. The molecular weight excluding hydrogens is 300 g/mol. The average Bonchev–Trinajstić information content (AvgIpc) is 3.11. The van der Waals surface area contributed by atoms with Crippen LogP contribution in [0.3, 0.4) is 0 Å². The van der Waals surface area contributed by atoms with Gasteiger partial charge in [-0.05, 0) is 19.1 Å². The maximum absolute atomic E-state index is 10.7. The molecule has 0 aliphatic rings. The van der Waals surface area contributed by atoms with Gasteiger partial charge in [0.2, 0.25) is 0 Å². The van der Waals surface area contributed by atoms with Gasteiger partial charge in [-0.2, -0.15) is 0 Å². The molecule has 0 fully saturated rings. The zero-order valence-corrected chi connectivity index (χ0v) is 13.6. The maximum atomic E-state index is 10.7. The topological polar surface area (TPSA) is 54.9 Å². The summed E-state index contributed by atoms with van der Waals surface area (Å²) in [6.07, 6.45) is 3.63. The summed E-state index contributed by atoms with van der Waals surface area (Å²) in [5, 5.41) is 2.03. The second-order valence-electron chi connectivity index (χ2n) is 5.66. The first-order valence-electron chi connectivity index (χ1n) is 7.67. The normalized spacial score (nSPS) is 10.4. The third-order valence-corrected chi connectivity index (χ3v) is 4.12. The SMILES string of the molecule is Cc1[nH]c2ccccc2c1C=O.Cn1cc(C=O)c2ccccc21. The first kappa shape index (κ1) is 15.7. The van der Waals surface area contributed by atoms with Gasteiger partial charge in [0.05, 0.1) is 0 Å². The molecule has 0 amide bonds. The second-order valence-corrected chi connectivity index (χ2v) is 5.66. The summed E-state index contributed by atoms with van der Waals surface area (Å²) < 4.78 is 1.96. The van der Waals surface area contributed by atoms with Crippen LogP contribution in [0.2, 0.25) is 0 Å². The lowest BCUT2D eigenvalue weighted by Gasteiger charge is -1.92. The van der Waals surface area contributed by atoms with E-state index in [2.05, 4.69) is 4.98 Å². The standard InChI is InChI=1S/2C10H9NO/c1-11-6-8(7-12)9-4-2-3-5-10(9)11;1-7-9(6-12)8-4-2-3-5-10(8)11-7/h2-7H,1H3;2-6,11H,1H3. The van der Waals surface area contributed by atoms with Crippen LogP contribution in [0, 0.1) is 6.92 Å².